The van der Waals surface area contributed by atoms with Gasteiger partial charge in [0.25, 0.3) is 0 Å². The van der Waals surface area contributed by atoms with Gasteiger partial charge in [-0.15, -0.1) is 0 Å². The van der Waals surface area contributed by atoms with Gasteiger partial charge in [0.15, 0.2) is 11.5 Å². The molecule has 0 aliphatic carbocycles. The number of nitrogens with one attached hydrogen (secondary N) is 1. The van der Waals surface area contributed by atoms with Gasteiger partial charge in [-0.3, -0.25) is 9.59 Å². The molecule has 1 aromatic heterocycles. The van der Waals surface area contributed by atoms with Crippen LogP contribution in [0.1, 0.15) is 35.3 Å². The Labute approximate surface area is 227 Å². The summed E-state index contributed by atoms with van der Waals surface area (Å²) in [5.74, 6) is 1.84. The van der Waals surface area contributed by atoms with Gasteiger partial charge in [-0.2, -0.15) is 0 Å². The number of rotatable bonds is 7. The molecule has 0 radical (unpaired) electrons. The third-order valence-corrected chi connectivity index (χ3v) is 7.68. The van der Waals surface area contributed by atoms with Crippen LogP contribution in [-0.2, 0) is 22.6 Å². The summed E-state index contributed by atoms with van der Waals surface area (Å²) in [7, 11) is 3.22. The van der Waals surface area contributed by atoms with Gasteiger partial charge in [-0.1, -0.05) is 36.4 Å². The molecular formula is C31H31N3O5. The molecule has 39 heavy (non-hydrogen) atoms. The molecule has 200 valence electrons. The van der Waals surface area contributed by atoms with Gasteiger partial charge >= 0.3 is 0 Å². The lowest BCUT2D eigenvalue weighted by Crippen LogP contribution is -2.62. The average Bonchev–Trinajstić information content (AvgIpc) is 3.34. The number of aromatic nitrogens is 1. The van der Waals surface area contributed by atoms with Crippen molar-refractivity contribution in [3.05, 3.63) is 89.1 Å². The molecule has 3 aromatic carbocycles. The third-order valence-electron chi connectivity index (χ3n) is 7.68. The van der Waals surface area contributed by atoms with E-state index in [1.807, 2.05) is 67.6 Å². The van der Waals surface area contributed by atoms with Crippen molar-refractivity contribution >= 4 is 22.7 Å². The molecule has 2 atom stereocenters. The van der Waals surface area contributed by atoms with E-state index in [0.717, 1.165) is 39.0 Å². The second-order valence-electron chi connectivity index (χ2n) is 9.87. The maximum Gasteiger partial charge on any atom is 0.246 e. The lowest BCUT2D eigenvalue weighted by Gasteiger charge is -2.47. The number of para-hydroxylation sites is 1. The minimum Gasteiger partial charge on any atom is -0.497 e. The predicted molar refractivity (Wildman–Crippen MR) is 147 cm³/mol. The first-order valence-corrected chi connectivity index (χ1v) is 13.2. The van der Waals surface area contributed by atoms with Crippen LogP contribution >= 0.6 is 0 Å². The van der Waals surface area contributed by atoms with Gasteiger partial charge in [-0.05, 0) is 53.9 Å². The van der Waals surface area contributed by atoms with Gasteiger partial charge in [0.1, 0.15) is 18.3 Å². The van der Waals surface area contributed by atoms with Gasteiger partial charge in [0.05, 0.1) is 26.9 Å². The molecule has 1 fully saturated rings. The molecule has 1 N–H and O–H groups in total. The van der Waals surface area contributed by atoms with Crippen LogP contribution in [0.5, 0.6) is 17.2 Å². The maximum absolute atomic E-state index is 14.0. The highest BCUT2D eigenvalue weighted by Gasteiger charge is 2.48. The number of hydrogen-bond donors (Lipinski definition) is 1. The maximum atomic E-state index is 14.0. The van der Waals surface area contributed by atoms with Crippen LogP contribution in [0.3, 0.4) is 0 Å². The van der Waals surface area contributed by atoms with E-state index in [1.165, 1.54) is 0 Å². The molecule has 0 unspecified atom stereocenters. The average molecular weight is 526 g/mol. The van der Waals surface area contributed by atoms with Crippen LogP contribution in [0.25, 0.3) is 10.9 Å². The molecule has 1 saturated heterocycles. The number of benzene rings is 3. The number of carbonyl (C=O) groups excluding carboxylic acids is 2. The van der Waals surface area contributed by atoms with Gasteiger partial charge in [0, 0.05) is 29.6 Å². The van der Waals surface area contributed by atoms with Gasteiger partial charge in [-0.25, -0.2) is 0 Å². The van der Waals surface area contributed by atoms with Crippen molar-refractivity contribution in [2.45, 2.75) is 32.0 Å². The number of amides is 2. The Hall–Kier alpha value is -4.46. The van der Waals surface area contributed by atoms with Crippen molar-refractivity contribution in [1.82, 2.24) is 14.8 Å². The van der Waals surface area contributed by atoms with Crippen LogP contribution in [0.2, 0.25) is 0 Å². The van der Waals surface area contributed by atoms with Crippen molar-refractivity contribution < 1.29 is 23.8 Å². The molecule has 2 aliphatic heterocycles. The molecule has 0 saturated carbocycles. The first-order valence-electron chi connectivity index (χ1n) is 13.2. The summed E-state index contributed by atoms with van der Waals surface area (Å²) in [4.78, 5) is 34.8. The van der Waals surface area contributed by atoms with Crippen LogP contribution in [0.15, 0.2) is 66.7 Å². The standard InChI is InChI=1S/C31H31N3O5/c1-4-39-26-14-11-20(15-27(26)38-3)30-29-23(22-7-5-6-8-24(22)32-29)16-25-31(36)33(18-28(35)34(25)30)17-19-9-12-21(37-2)13-10-19/h5-15,25,30,32H,4,16-18H2,1-3H3/t25-,30+/m0/s1. The molecule has 8 heteroatoms. The highest BCUT2D eigenvalue weighted by atomic mass is 16.5. The summed E-state index contributed by atoms with van der Waals surface area (Å²) < 4.78 is 16.6. The molecule has 0 bridgehead atoms. The summed E-state index contributed by atoms with van der Waals surface area (Å²) in [5.41, 5.74) is 4.79. The van der Waals surface area contributed by atoms with Crippen LogP contribution in [0, 0.1) is 0 Å². The number of hydrogen-bond acceptors (Lipinski definition) is 5. The second kappa shape index (κ2) is 10.0. The fourth-order valence-electron chi connectivity index (χ4n) is 5.88. The number of nitrogens with zero attached hydrogens (tertiary/aromatic N) is 2. The number of ether oxygens (including phenoxy) is 3. The van der Waals surface area contributed by atoms with Crippen molar-refractivity contribution in [1.29, 1.82) is 0 Å². The predicted octanol–water partition coefficient (Wildman–Crippen LogP) is 4.47. The van der Waals surface area contributed by atoms with E-state index in [-0.39, 0.29) is 18.4 Å². The largest absolute Gasteiger partial charge is 0.497 e. The molecule has 2 amide bonds. The number of fused-ring (bicyclic) bond motifs is 4. The van der Waals surface area contributed by atoms with Gasteiger partial charge < -0.3 is 29.0 Å². The summed E-state index contributed by atoms with van der Waals surface area (Å²) in [6.07, 6.45) is 0.452. The van der Waals surface area contributed by atoms with E-state index < -0.39 is 12.1 Å². The normalized spacial score (nSPS) is 18.6. The number of methoxy groups -OCH3 is 2. The molecular weight excluding hydrogens is 494 g/mol. The minimum atomic E-state index is -0.612. The monoisotopic (exact) mass is 525 g/mol. The highest BCUT2D eigenvalue weighted by molar-refractivity contribution is 5.97. The zero-order valence-corrected chi connectivity index (χ0v) is 22.3. The smallest absolute Gasteiger partial charge is 0.246 e. The molecule has 4 aromatic rings. The molecule has 3 heterocycles. The van der Waals surface area contributed by atoms with Crippen LogP contribution in [0.4, 0.5) is 0 Å². The summed E-state index contributed by atoms with van der Waals surface area (Å²) in [6, 6.07) is 20.3. The van der Waals surface area contributed by atoms with Crippen molar-refractivity contribution in [2.75, 3.05) is 27.4 Å². The van der Waals surface area contributed by atoms with Crippen LogP contribution in [-0.4, -0.2) is 60.0 Å². The summed E-state index contributed by atoms with van der Waals surface area (Å²) in [6.45, 7) is 2.81. The van der Waals surface area contributed by atoms with E-state index >= 15 is 0 Å². The van der Waals surface area contributed by atoms with Gasteiger partial charge in [0.2, 0.25) is 11.8 Å². The Morgan fingerprint density at radius 3 is 2.49 bits per heavy atom. The lowest BCUT2D eigenvalue weighted by molar-refractivity contribution is -0.159. The number of aromatic amines is 1. The first kappa shape index (κ1) is 24.9. The summed E-state index contributed by atoms with van der Waals surface area (Å²) >= 11 is 0. The third kappa shape index (κ3) is 4.26. The van der Waals surface area contributed by atoms with E-state index in [4.69, 9.17) is 14.2 Å². The van der Waals surface area contributed by atoms with E-state index in [0.29, 0.717) is 31.1 Å². The van der Waals surface area contributed by atoms with E-state index in [1.54, 1.807) is 24.0 Å². The first-order chi connectivity index (χ1) is 19.0. The van der Waals surface area contributed by atoms with Crippen molar-refractivity contribution in [3.8, 4) is 17.2 Å². The SMILES string of the molecule is CCOc1ccc([C@@H]2c3[nH]c4ccccc4c3C[C@H]3C(=O)N(Cc4ccc(OC)cc4)CC(=O)N23)cc1OC. The zero-order valence-electron chi connectivity index (χ0n) is 22.3. The Bertz CT molecular complexity index is 1540. The minimum absolute atomic E-state index is 0.0155. The fraction of sp³-hybridized carbons (Fsp3) is 0.290. The quantitative estimate of drug-likeness (QED) is 0.385. The van der Waals surface area contributed by atoms with Crippen molar-refractivity contribution in [3.63, 3.8) is 0 Å². The fourth-order valence-corrected chi connectivity index (χ4v) is 5.88. The molecule has 2 aliphatic rings. The van der Waals surface area contributed by atoms with Crippen molar-refractivity contribution in [2.24, 2.45) is 0 Å². The Kier molecular flexibility index (Phi) is 6.38. The number of carbonyl (C=O) groups is 2. The molecule has 0 spiro atoms. The molecule has 8 nitrogen and oxygen atoms in total. The number of H-pyrrole nitrogens is 1. The lowest BCUT2D eigenvalue weighted by atomic mass is 9.86. The topological polar surface area (TPSA) is 84.1 Å². The number of piperazine rings is 1. The van der Waals surface area contributed by atoms with E-state index in [2.05, 4.69) is 11.1 Å². The zero-order chi connectivity index (χ0) is 27.1. The molecule has 6 rings (SSSR count). The highest BCUT2D eigenvalue weighted by Crippen LogP contribution is 2.44. The van der Waals surface area contributed by atoms with E-state index in [9.17, 15) is 9.59 Å². The Balaban J connectivity index is 1.42. The Morgan fingerprint density at radius 1 is 0.949 bits per heavy atom. The van der Waals surface area contributed by atoms with Crippen LogP contribution < -0.4 is 14.2 Å². The summed E-state index contributed by atoms with van der Waals surface area (Å²) in [5, 5.41) is 1.07. The second-order valence-corrected chi connectivity index (χ2v) is 9.87. The Morgan fingerprint density at radius 2 is 1.74 bits per heavy atom.